The SMILES string of the molecule is C=C1COc2cc(C3=CN=C(C4C5CC5c5nc(-c6cc(Cl)ccc6-n6cc(Cl)nn6)cc(=O)n54)C3)ccc2C1. The monoisotopic (exact) mass is 568 g/mol. The van der Waals surface area contributed by atoms with Crippen molar-refractivity contribution in [2.75, 3.05) is 6.61 Å². The van der Waals surface area contributed by atoms with Crippen molar-refractivity contribution in [3.63, 3.8) is 0 Å². The first-order valence-electron chi connectivity index (χ1n) is 13.1. The lowest BCUT2D eigenvalue weighted by molar-refractivity contribution is 0.332. The maximum atomic E-state index is 13.7. The predicted octanol–water partition coefficient (Wildman–Crippen LogP) is 5.83. The number of hydrogen-bond acceptors (Lipinski definition) is 6. The number of hydrogen-bond donors (Lipinski definition) is 0. The minimum Gasteiger partial charge on any atom is -0.489 e. The Kier molecular flexibility index (Phi) is 5.21. The van der Waals surface area contributed by atoms with E-state index in [1.54, 1.807) is 29.1 Å². The highest BCUT2D eigenvalue weighted by atomic mass is 35.5. The molecule has 8 nitrogen and oxygen atoms in total. The average Bonchev–Trinajstić information content (AvgIpc) is 3.23. The van der Waals surface area contributed by atoms with Gasteiger partial charge in [0.2, 0.25) is 0 Å². The third kappa shape index (κ3) is 3.78. The van der Waals surface area contributed by atoms with Crippen LogP contribution < -0.4 is 10.3 Å². The van der Waals surface area contributed by atoms with E-state index in [1.807, 2.05) is 16.8 Å². The van der Waals surface area contributed by atoms with E-state index < -0.39 is 0 Å². The topological polar surface area (TPSA) is 87.2 Å². The fourth-order valence-electron chi connectivity index (χ4n) is 6.25. The molecular weight excluding hydrogens is 547 g/mol. The van der Waals surface area contributed by atoms with Gasteiger partial charge >= 0.3 is 0 Å². The second-order valence-corrected chi connectivity index (χ2v) is 11.6. The fourth-order valence-corrected chi connectivity index (χ4v) is 6.55. The molecule has 0 saturated heterocycles. The second kappa shape index (κ2) is 8.74. The first-order chi connectivity index (χ1) is 19.4. The Morgan fingerprint density at radius 2 is 1.98 bits per heavy atom. The summed E-state index contributed by atoms with van der Waals surface area (Å²) < 4.78 is 9.30. The van der Waals surface area contributed by atoms with Gasteiger partial charge in [-0.2, -0.15) is 0 Å². The minimum absolute atomic E-state index is 0.0899. The van der Waals surface area contributed by atoms with Crippen molar-refractivity contribution in [1.82, 2.24) is 24.5 Å². The molecular formula is C30H22Cl2N6O2. The van der Waals surface area contributed by atoms with Gasteiger partial charge in [0.15, 0.2) is 5.15 Å². The van der Waals surface area contributed by atoms with E-state index in [-0.39, 0.29) is 22.7 Å². The van der Waals surface area contributed by atoms with Gasteiger partial charge in [-0.1, -0.05) is 47.1 Å². The van der Waals surface area contributed by atoms with Crippen LogP contribution in [0.1, 0.15) is 41.8 Å². The molecule has 1 saturated carbocycles. The Balaban J connectivity index is 1.11. The summed E-state index contributed by atoms with van der Waals surface area (Å²) in [7, 11) is 0. The van der Waals surface area contributed by atoms with Crippen LogP contribution in [-0.4, -0.2) is 36.9 Å². The highest BCUT2D eigenvalue weighted by Gasteiger charge is 2.55. The molecule has 2 aromatic carbocycles. The van der Waals surface area contributed by atoms with E-state index in [2.05, 4.69) is 35.1 Å². The molecule has 0 N–H and O–H groups in total. The summed E-state index contributed by atoms with van der Waals surface area (Å²) in [6.07, 6.45) is 6.07. The number of rotatable bonds is 4. The van der Waals surface area contributed by atoms with Gasteiger partial charge in [0.25, 0.3) is 5.56 Å². The molecule has 4 aromatic rings. The van der Waals surface area contributed by atoms with Crippen molar-refractivity contribution >= 4 is 34.5 Å². The lowest BCUT2D eigenvalue weighted by Crippen LogP contribution is -2.30. The lowest BCUT2D eigenvalue weighted by Gasteiger charge is -2.21. The van der Waals surface area contributed by atoms with Crippen molar-refractivity contribution in [3.05, 3.63) is 104 Å². The molecule has 4 aliphatic rings. The number of nitrogens with zero attached hydrogens (tertiary/aromatic N) is 6. The molecule has 40 heavy (non-hydrogen) atoms. The molecule has 3 aliphatic heterocycles. The van der Waals surface area contributed by atoms with Crippen molar-refractivity contribution in [2.24, 2.45) is 10.9 Å². The lowest BCUT2D eigenvalue weighted by atomic mass is 9.95. The largest absolute Gasteiger partial charge is 0.489 e. The third-order valence-corrected chi connectivity index (χ3v) is 8.60. The zero-order valence-electron chi connectivity index (χ0n) is 21.2. The van der Waals surface area contributed by atoms with Crippen molar-refractivity contribution < 1.29 is 4.74 Å². The van der Waals surface area contributed by atoms with E-state index >= 15 is 0 Å². The van der Waals surface area contributed by atoms with E-state index in [4.69, 9.17) is 37.9 Å². The molecule has 8 rings (SSSR count). The van der Waals surface area contributed by atoms with Gasteiger partial charge in [0.05, 0.1) is 23.6 Å². The Hall–Kier alpha value is -4.01. The maximum Gasteiger partial charge on any atom is 0.254 e. The number of benzene rings is 2. The maximum absolute atomic E-state index is 13.7. The molecule has 0 radical (unpaired) electrons. The van der Waals surface area contributed by atoms with E-state index in [1.165, 1.54) is 0 Å². The summed E-state index contributed by atoms with van der Waals surface area (Å²) in [5, 5.41) is 8.77. The van der Waals surface area contributed by atoms with Crippen LogP contribution in [0.15, 0.2) is 76.8 Å². The second-order valence-electron chi connectivity index (χ2n) is 10.8. The summed E-state index contributed by atoms with van der Waals surface area (Å²) in [5.74, 6) is 2.28. The number of ether oxygens (including phenoxy) is 1. The zero-order chi connectivity index (χ0) is 27.1. The van der Waals surface area contributed by atoms with Gasteiger partial charge in [-0.3, -0.25) is 14.4 Å². The fraction of sp³-hybridized carbons (Fsp3) is 0.233. The van der Waals surface area contributed by atoms with Crippen LogP contribution in [0.25, 0.3) is 22.5 Å². The molecule has 0 spiro atoms. The Labute approximate surface area is 239 Å². The summed E-state index contributed by atoms with van der Waals surface area (Å²) in [6, 6.07) is 13.2. The Bertz CT molecular complexity index is 1890. The van der Waals surface area contributed by atoms with E-state index in [9.17, 15) is 4.79 Å². The van der Waals surface area contributed by atoms with Crippen molar-refractivity contribution in [2.45, 2.75) is 31.2 Å². The molecule has 1 fully saturated rings. The van der Waals surface area contributed by atoms with Crippen LogP contribution >= 0.6 is 23.2 Å². The molecule has 1 aliphatic carbocycles. The molecule has 10 heteroatoms. The normalized spacial score (nSPS) is 22.2. The number of halogens is 2. The van der Waals surface area contributed by atoms with Gasteiger partial charge in [-0.15, -0.1) is 5.10 Å². The highest BCUT2D eigenvalue weighted by Crippen LogP contribution is 2.59. The summed E-state index contributed by atoms with van der Waals surface area (Å²) >= 11 is 12.4. The number of allylic oxidation sites excluding steroid dienone is 1. The summed E-state index contributed by atoms with van der Waals surface area (Å²) in [6.45, 7) is 4.60. The Morgan fingerprint density at radius 1 is 1.07 bits per heavy atom. The molecule has 0 bridgehead atoms. The van der Waals surface area contributed by atoms with Gasteiger partial charge in [0.1, 0.15) is 18.2 Å². The van der Waals surface area contributed by atoms with Crippen molar-refractivity contribution in [1.29, 1.82) is 0 Å². The summed E-state index contributed by atoms with van der Waals surface area (Å²) in [4.78, 5) is 23.5. The van der Waals surface area contributed by atoms with Crippen LogP contribution in [-0.2, 0) is 6.42 Å². The third-order valence-electron chi connectivity index (χ3n) is 8.19. The van der Waals surface area contributed by atoms with E-state index in [0.717, 1.165) is 52.4 Å². The summed E-state index contributed by atoms with van der Waals surface area (Å²) in [5.41, 5.74) is 7.31. The number of aliphatic imine (C=N–C) groups is 1. The van der Waals surface area contributed by atoms with Crippen LogP contribution in [0.5, 0.6) is 5.75 Å². The van der Waals surface area contributed by atoms with E-state index in [0.29, 0.717) is 40.9 Å². The first-order valence-corrected chi connectivity index (χ1v) is 13.9. The molecule has 3 atom stereocenters. The average molecular weight is 569 g/mol. The van der Waals surface area contributed by atoms with Gasteiger partial charge in [0, 0.05) is 47.3 Å². The van der Waals surface area contributed by atoms with Crippen LogP contribution in [0.4, 0.5) is 0 Å². The zero-order valence-corrected chi connectivity index (χ0v) is 22.7. The van der Waals surface area contributed by atoms with Gasteiger partial charge in [-0.05, 0) is 58.9 Å². The van der Waals surface area contributed by atoms with Gasteiger partial charge in [-0.25, -0.2) is 9.67 Å². The molecule has 0 amide bonds. The Morgan fingerprint density at radius 3 is 2.83 bits per heavy atom. The van der Waals surface area contributed by atoms with Crippen LogP contribution in [0, 0.1) is 5.92 Å². The predicted molar refractivity (Wildman–Crippen MR) is 154 cm³/mol. The molecule has 3 unspecified atom stereocenters. The highest BCUT2D eigenvalue weighted by molar-refractivity contribution is 6.31. The standard InChI is InChI=1S/C30H22Cl2N6O2/c1-15-6-17-3-2-16(8-26(17)40-14-15)18-7-24(33-12-18)29-20-10-21(20)30-34-23(11-28(39)38(29)30)22-9-19(31)4-5-25(22)37-13-27(32)35-36-37/h2-5,8-9,11-13,20-21,29H,1,6-7,10,14H2. The van der Waals surface area contributed by atoms with Crippen LogP contribution in [0.3, 0.4) is 0 Å². The van der Waals surface area contributed by atoms with Crippen LogP contribution in [0.2, 0.25) is 10.2 Å². The van der Waals surface area contributed by atoms with Crippen molar-refractivity contribution in [3.8, 4) is 22.7 Å². The molecule has 5 heterocycles. The molecule has 2 aromatic heterocycles. The smallest absolute Gasteiger partial charge is 0.254 e. The first kappa shape index (κ1) is 23.8. The minimum atomic E-state index is -0.0988. The number of aromatic nitrogens is 5. The molecule has 198 valence electrons. The number of fused-ring (bicyclic) bond motifs is 4. The quantitative estimate of drug-likeness (QED) is 0.289. The van der Waals surface area contributed by atoms with Gasteiger partial charge < -0.3 is 4.74 Å².